The summed E-state index contributed by atoms with van der Waals surface area (Å²) in [6, 6.07) is 15.4. The van der Waals surface area contributed by atoms with Crippen LogP contribution in [0.5, 0.6) is 5.75 Å². The summed E-state index contributed by atoms with van der Waals surface area (Å²) < 4.78 is 10.4. The Bertz CT molecular complexity index is 733. The van der Waals surface area contributed by atoms with Crippen LogP contribution in [0.2, 0.25) is 0 Å². The number of carbonyl (C=O) groups is 1. The van der Waals surface area contributed by atoms with E-state index in [0.29, 0.717) is 6.54 Å². The summed E-state index contributed by atoms with van der Waals surface area (Å²) in [6.07, 6.45) is 0.759. The van der Waals surface area contributed by atoms with Crippen LogP contribution in [-0.2, 0) is 22.5 Å². The molecule has 0 aromatic heterocycles. The van der Waals surface area contributed by atoms with Gasteiger partial charge in [-0.25, -0.2) is 0 Å². The van der Waals surface area contributed by atoms with Crippen molar-refractivity contribution in [3.05, 3.63) is 65.2 Å². The Kier molecular flexibility index (Phi) is 5.36. The summed E-state index contributed by atoms with van der Waals surface area (Å²) >= 11 is 0. The number of nitrogens with zero attached hydrogens (tertiary/aromatic N) is 1. The molecule has 5 nitrogen and oxygen atoms in total. The van der Waals surface area contributed by atoms with Crippen LogP contribution in [0.3, 0.4) is 0 Å². The molecule has 2 atom stereocenters. The molecule has 132 valence electrons. The molecule has 25 heavy (non-hydrogen) atoms. The molecule has 0 radical (unpaired) electrons. The monoisotopic (exact) mass is 340 g/mol. The lowest BCUT2D eigenvalue weighted by Crippen LogP contribution is -2.49. The third-order valence-corrected chi connectivity index (χ3v) is 4.67. The van der Waals surface area contributed by atoms with Crippen molar-refractivity contribution < 1.29 is 14.3 Å². The third-order valence-electron chi connectivity index (χ3n) is 4.67. The van der Waals surface area contributed by atoms with E-state index in [1.807, 2.05) is 35.2 Å². The summed E-state index contributed by atoms with van der Waals surface area (Å²) in [5.41, 5.74) is 9.48. The first-order chi connectivity index (χ1) is 12.1. The van der Waals surface area contributed by atoms with Gasteiger partial charge in [0.1, 0.15) is 11.8 Å². The van der Waals surface area contributed by atoms with Gasteiger partial charge in [-0.2, -0.15) is 0 Å². The Morgan fingerprint density at radius 3 is 2.64 bits per heavy atom. The van der Waals surface area contributed by atoms with Gasteiger partial charge in [0, 0.05) is 13.7 Å². The van der Waals surface area contributed by atoms with E-state index < -0.39 is 6.04 Å². The Hall–Kier alpha value is -2.37. The Morgan fingerprint density at radius 1 is 1.20 bits per heavy atom. The highest BCUT2D eigenvalue weighted by Crippen LogP contribution is 2.35. The highest BCUT2D eigenvalue weighted by Gasteiger charge is 2.33. The fourth-order valence-corrected chi connectivity index (χ4v) is 3.36. The molecule has 1 heterocycles. The fraction of sp³-hybridized carbons (Fsp3) is 0.350. The summed E-state index contributed by atoms with van der Waals surface area (Å²) in [5, 5.41) is 0. The van der Waals surface area contributed by atoms with Crippen molar-refractivity contribution in [3.63, 3.8) is 0 Å². The number of hydrogen-bond donors (Lipinski definition) is 1. The molecule has 1 aliphatic heterocycles. The second kappa shape index (κ2) is 7.68. The van der Waals surface area contributed by atoms with Crippen molar-refractivity contribution >= 4 is 5.91 Å². The van der Waals surface area contributed by atoms with Gasteiger partial charge < -0.3 is 20.1 Å². The zero-order chi connectivity index (χ0) is 17.8. The summed E-state index contributed by atoms with van der Waals surface area (Å²) in [6.45, 7) is 0.726. The van der Waals surface area contributed by atoms with Crippen LogP contribution in [0.1, 0.15) is 22.7 Å². The van der Waals surface area contributed by atoms with Crippen LogP contribution in [-0.4, -0.2) is 37.7 Å². The van der Waals surface area contributed by atoms with Gasteiger partial charge in [0.15, 0.2) is 0 Å². The van der Waals surface area contributed by atoms with Crippen molar-refractivity contribution in [1.29, 1.82) is 0 Å². The second-order valence-electron chi connectivity index (χ2n) is 6.29. The molecule has 1 amide bonds. The van der Waals surface area contributed by atoms with E-state index in [1.54, 1.807) is 14.2 Å². The van der Waals surface area contributed by atoms with E-state index in [1.165, 1.54) is 5.56 Å². The maximum atomic E-state index is 12.9. The van der Waals surface area contributed by atoms with E-state index in [9.17, 15) is 4.79 Å². The standard InChI is InChI=1S/C20H24N2O3/c1-24-13-18(21)20(23)22-12-16-10-17(25-2)9-8-15(16)11-19(22)14-6-4-3-5-7-14/h3-10,18-19H,11-13,21H2,1-2H3. The molecule has 2 aromatic rings. The van der Waals surface area contributed by atoms with Crippen molar-refractivity contribution in [3.8, 4) is 5.75 Å². The lowest BCUT2D eigenvalue weighted by Gasteiger charge is -2.38. The first-order valence-electron chi connectivity index (χ1n) is 8.39. The molecular formula is C20H24N2O3. The van der Waals surface area contributed by atoms with Crippen LogP contribution in [0.25, 0.3) is 0 Å². The number of amides is 1. The van der Waals surface area contributed by atoms with Crippen molar-refractivity contribution in [2.45, 2.75) is 25.0 Å². The topological polar surface area (TPSA) is 64.8 Å². The van der Waals surface area contributed by atoms with Gasteiger partial charge in [0.05, 0.1) is 19.8 Å². The molecule has 1 aliphatic rings. The fourth-order valence-electron chi connectivity index (χ4n) is 3.36. The van der Waals surface area contributed by atoms with Crippen LogP contribution in [0.15, 0.2) is 48.5 Å². The molecule has 2 aromatic carbocycles. The number of ether oxygens (including phenoxy) is 2. The largest absolute Gasteiger partial charge is 0.497 e. The van der Waals surface area contributed by atoms with Gasteiger partial charge in [-0.3, -0.25) is 4.79 Å². The lowest BCUT2D eigenvalue weighted by atomic mass is 9.89. The molecule has 2 unspecified atom stereocenters. The van der Waals surface area contributed by atoms with E-state index in [2.05, 4.69) is 18.2 Å². The molecule has 0 saturated heterocycles. The van der Waals surface area contributed by atoms with Crippen LogP contribution < -0.4 is 10.5 Å². The lowest BCUT2D eigenvalue weighted by molar-refractivity contribution is -0.137. The van der Waals surface area contributed by atoms with E-state index in [-0.39, 0.29) is 18.6 Å². The van der Waals surface area contributed by atoms with E-state index >= 15 is 0 Å². The predicted octanol–water partition coefficient (Wildman–Crippen LogP) is 2.29. The quantitative estimate of drug-likeness (QED) is 0.907. The van der Waals surface area contributed by atoms with Crippen LogP contribution >= 0.6 is 0 Å². The average Bonchev–Trinajstić information content (AvgIpc) is 2.66. The predicted molar refractivity (Wildman–Crippen MR) is 96.3 cm³/mol. The van der Waals surface area contributed by atoms with Gasteiger partial charge >= 0.3 is 0 Å². The highest BCUT2D eigenvalue weighted by atomic mass is 16.5. The molecule has 2 N–H and O–H groups in total. The van der Waals surface area contributed by atoms with Crippen LogP contribution in [0.4, 0.5) is 0 Å². The minimum absolute atomic E-state index is 0.0301. The minimum atomic E-state index is -0.664. The number of hydrogen-bond acceptors (Lipinski definition) is 4. The average molecular weight is 340 g/mol. The first-order valence-corrected chi connectivity index (χ1v) is 8.39. The number of rotatable bonds is 5. The molecule has 0 aliphatic carbocycles. The van der Waals surface area contributed by atoms with Crippen molar-refractivity contribution in [2.75, 3.05) is 20.8 Å². The number of methoxy groups -OCH3 is 2. The summed E-state index contributed by atoms with van der Waals surface area (Å²) in [4.78, 5) is 14.8. The van der Waals surface area contributed by atoms with Gasteiger partial charge in [-0.15, -0.1) is 0 Å². The maximum Gasteiger partial charge on any atom is 0.242 e. The first kappa shape index (κ1) is 17.5. The molecule has 0 bridgehead atoms. The molecular weight excluding hydrogens is 316 g/mol. The SMILES string of the molecule is COCC(N)C(=O)N1Cc2cc(OC)ccc2CC1c1ccccc1. The molecule has 0 saturated carbocycles. The maximum absolute atomic E-state index is 12.9. The molecule has 0 fully saturated rings. The second-order valence-corrected chi connectivity index (χ2v) is 6.29. The molecule has 0 spiro atoms. The minimum Gasteiger partial charge on any atom is -0.497 e. The summed E-state index contributed by atoms with van der Waals surface area (Å²) in [7, 11) is 3.20. The third kappa shape index (κ3) is 3.67. The smallest absolute Gasteiger partial charge is 0.242 e. The summed E-state index contributed by atoms with van der Waals surface area (Å²) in [5.74, 6) is 0.703. The number of nitrogens with two attached hydrogens (primary N) is 1. The van der Waals surface area contributed by atoms with Gasteiger partial charge in [-0.1, -0.05) is 36.4 Å². The number of carbonyl (C=O) groups excluding carboxylic acids is 1. The highest BCUT2D eigenvalue weighted by molar-refractivity contribution is 5.82. The van der Waals surface area contributed by atoms with Crippen molar-refractivity contribution in [1.82, 2.24) is 4.90 Å². The zero-order valence-corrected chi connectivity index (χ0v) is 14.6. The normalized spacial score (nSPS) is 17.7. The Labute approximate surface area is 148 Å². The van der Waals surface area contributed by atoms with E-state index in [0.717, 1.165) is 23.3 Å². The molecule has 3 rings (SSSR count). The van der Waals surface area contributed by atoms with Crippen LogP contribution in [0, 0.1) is 0 Å². The van der Waals surface area contributed by atoms with E-state index in [4.69, 9.17) is 15.2 Å². The van der Waals surface area contributed by atoms with Gasteiger partial charge in [-0.05, 0) is 35.2 Å². The number of fused-ring (bicyclic) bond motifs is 1. The zero-order valence-electron chi connectivity index (χ0n) is 14.6. The Balaban J connectivity index is 1.97. The molecule has 5 heteroatoms. The van der Waals surface area contributed by atoms with Crippen molar-refractivity contribution in [2.24, 2.45) is 5.73 Å². The number of benzene rings is 2. The Morgan fingerprint density at radius 2 is 1.96 bits per heavy atom. The van der Waals surface area contributed by atoms with Gasteiger partial charge in [0.25, 0.3) is 0 Å². The van der Waals surface area contributed by atoms with Gasteiger partial charge in [0.2, 0.25) is 5.91 Å².